The molecule has 2 N–H and O–H groups in total. The van der Waals surface area contributed by atoms with E-state index in [9.17, 15) is 19.5 Å². The van der Waals surface area contributed by atoms with Crippen molar-refractivity contribution in [3.05, 3.63) is 107 Å². The summed E-state index contributed by atoms with van der Waals surface area (Å²) in [4.78, 5) is 41.9. The maximum atomic E-state index is 13.9. The molecule has 0 saturated carbocycles. The first kappa shape index (κ1) is 31.0. The van der Waals surface area contributed by atoms with E-state index in [4.69, 9.17) is 4.74 Å². The van der Waals surface area contributed by atoms with Crippen LogP contribution in [0.4, 0.5) is 4.79 Å². The molecule has 0 radical (unpaired) electrons. The van der Waals surface area contributed by atoms with Crippen molar-refractivity contribution in [2.75, 3.05) is 0 Å². The van der Waals surface area contributed by atoms with Gasteiger partial charge in [0.05, 0.1) is 17.7 Å². The van der Waals surface area contributed by atoms with Gasteiger partial charge in [0.15, 0.2) is 0 Å². The highest BCUT2D eigenvalue weighted by Gasteiger charge is 2.54. The van der Waals surface area contributed by atoms with Crippen LogP contribution in [0.15, 0.2) is 84.9 Å². The number of cyclic esters (lactones) is 1. The van der Waals surface area contributed by atoms with Gasteiger partial charge in [-0.15, -0.1) is 0 Å². The number of hydrogen-bond acceptors (Lipinski definition) is 5. The topological polar surface area (TPSA) is 95.9 Å². The molecule has 3 aromatic carbocycles. The zero-order valence-corrected chi connectivity index (χ0v) is 25.0. The largest absolute Gasteiger partial charge is 0.440 e. The van der Waals surface area contributed by atoms with Gasteiger partial charge in [-0.05, 0) is 67.9 Å². The molecule has 42 heavy (non-hydrogen) atoms. The van der Waals surface area contributed by atoms with E-state index < -0.39 is 41.2 Å². The molecule has 3 aromatic rings. The first-order valence-corrected chi connectivity index (χ1v) is 15.0. The smallest absolute Gasteiger partial charge is 0.417 e. The van der Waals surface area contributed by atoms with Crippen molar-refractivity contribution in [3.8, 4) is 0 Å². The maximum absolute atomic E-state index is 13.9. The van der Waals surface area contributed by atoms with E-state index in [1.54, 1.807) is 18.2 Å². The van der Waals surface area contributed by atoms with E-state index in [1.807, 2.05) is 88.4 Å². The van der Waals surface area contributed by atoms with Crippen molar-refractivity contribution in [1.82, 2.24) is 10.2 Å². The maximum Gasteiger partial charge on any atom is 0.417 e. The van der Waals surface area contributed by atoms with Crippen LogP contribution in [0.1, 0.15) is 85.2 Å². The molecule has 1 saturated heterocycles. The number of carbonyl (C=O) groups is 3. The number of carbonyl (C=O) groups excluding carboxylic acids is 3. The third-order valence-corrected chi connectivity index (χ3v) is 8.93. The van der Waals surface area contributed by atoms with Crippen molar-refractivity contribution < 1.29 is 24.2 Å². The lowest BCUT2D eigenvalue weighted by Crippen LogP contribution is -2.53. The molecule has 7 heteroatoms. The van der Waals surface area contributed by atoms with Crippen molar-refractivity contribution >= 4 is 17.9 Å². The summed E-state index contributed by atoms with van der Waals surface area (Å²) < 4.78 is 5.90. The van der Waals surface area contributed by atoms with Crippen molar-refractivity contribution in [2.45, 2.75) is 89.5 Å². The van der Waals surface area contributed by atoms with Gasteiger partial charge < -0.3 is 15.2 Å². The van der Waals surface area contributed by atoms with Gasteiger partial charge in [0.1, 0.15) is 5.60 Å². The van der Waals surface area contributed by atoms with Crippen LogP contribution >= 0.6 is 0 Å². The number of imide groups is 1. The minimum absolute atomic E-state index is 0.224. The highest BCUT2D eigenvalue weighted by atomic mass is 16.6. The molecule has 222 valence electrons. The Morgan fingerprint density at radius 1 is 0.881 bits per heavy atom. The van der Waals surface area contributed by atoms with Crippen LogP contribution in [0, 0.1) is 0 Å². The Morgan fingerprint density at radius 2 is 1.45 bits per heavy atom. The van der Waals surface area contributed by atoms with Gasteiger partial charge in [-0.2, -0.15) is 0 Å². The van der Waals surface area contributed by atoms with E-state index in [1.165, 1.54) is 11.0 Å². The van der Waals surface area contributed by atoms with Crippen molar-refractivity contribution in [3.63, 3.8) is 0 Å². The van der Waals surface area contributed by atoms with Gasteiger partial charge in [-0.1, -0.05) is 94.4 Å². The first-order chi connectivity index (χ1) is 20.2. The summed E-state index contributed by atoms with van der Waals surface area (Å²) in [6.45, 7) is 7.74. The molecule has 1 aliphatic rings. The molecule has 0 unspecified atom stereocenters. The normalized spacial score (nSPS) is 17.0. The number of ether oxygens (including phenoxy) is 1. The number of rotatable bonds is 12. The van der Waals surface area contributed by atoms with Crippen LogP contribution in [-0.2, 0) is 17.6 Å². The lowest BCUT2D eigenvalue weighted by Gasteiger charge is -2.35. The van der Waals surface area contributed by atoms with Crippen LogP contribution in [0.3, 0.4) is 0 Å². The molecule has 2 atom stereocenters. The Kier molecular flexibility index (Phi) is 9.84. The van der Waals surface area contributed by atoms with Crippen molar-refractivity contribution in [1.29, 1.82) is 0 Å². The van der Waals surface area contributed by atoms with Gasteiger partial charge in [0.25, 0.3) is 11.8 Å². The van der Waals surface area contributed by atoms with E-state index in [2.05, 4.69) is 5.32 Å². The van der Waals surface area contributed by atoms with Gasteiger partial charge in [-0.3, -0.25) is 9.59 Å². The molecular formula is C35H42N2O5. The minimum atomic E-state index is -1.10. The molecule has 0 aromatic heterocycles. The third kappa shape index (κ3) is 6.41. The summed E-state index contributed by atoms with van der Waals surface area (Å²) in [7, 11) is 0. The second kappa shape index (κ2) is 13.3. The molecule has 0 spiro atoms. The molecule has 1 heterocycles. The van der Waals surface area contributed by atoms with E-state index in [0.717, 1.165) is 11.1 Å². The number of nitrogens with one attached hydrogen (secondary N) is 1. The monoisotopic (exact) mass is 570 g/mol. The van der Waals surface area contributed by atoms with Crippen LogP contribution in [0.2, 0.25) is 0 Å². The van der Waals surface area contributed by atoms with E-state index >= 15 is 0 Å². The summed E-state index contributed by atoms with van der Waals surface area (Å²) in [6, 6.07) is 24.8. The molecular weight excluding hydrogens is 528 g/mol. The van der Waals surface area contributed by atoms with Gasteiger partial charge in [-0.25, -0.2) is 9.69 Å². The van der Waals surface area contributed by atoms with Crippen LogP contribution in [0.5, 0.6) is 0 Å². The lowest BCUT2D eigenvalue weighted by molar-refractivity contribution is -0.00491. The fourth-order valence-corrected chi connectivity index (χ4v) is 6.00. The molecule has 1 fully saturated rings. The average molecular weight is 571 g/mol. The quantitative estimate of drug-likeness (QED) is 0.265. The number of nitrogens with zero attached hydrogens (tertiary/aromatic N) is 1. The molecule has 0 aliphatic carbocycles. The Hall–Kier alpha value is -3.97. The lowest BCUT2D eigenvalue weighted by atomic mass is 9.84. The second-order valence-electron chi connectivity index (χ2n) is 11.1. The number of benzene rings is 3. The fourth-order valence-electron chi connectivity index (χ4n) is 6.00. The highest BCUT2D eigenvalue weighted by molar-refractivity contribution is 6.06. The summed E-state index contributed by atoms with van der Waals surface area (Å²) in [5.41, 5.74) is 0.597. The standard InChI is InChI=1S/C35H42N2O5/c1-5-34(41,6-2)29(22-25-16-11-9-12-17-25)36-31(38)27-20-15-21-28(24-27)32(39)37-30(23-26-18-13-10-14-19-26)35(7-3,8-4)42-33(37)40/h9-21,24,29-30,41H,5-8,22-23H2,1-4H3,(H,36,38)/t29-,30-/m0/s1. The van der Waals surface area contributed by atoms with Crippen LogP contribution in [-0.4, -0.2) is 51.2 Å². The van der Waals surface area contributed by atoms with Gasteiger partial charge in [0.2, 0.25) is 0 Å². The molecule has 3 amide bonds. The Morgan fingerprint density at radius 3 is 2.02 bits per heavy atom. The molecule has 4 rings (SSSR count). The zero-order chi connectivity index (χ0) is 30.3. The fraction of sp³-hybridized carbons (Fsp3) is 0.400. The number of hydrogen-bond donors (Lipinski definition) is 2. The second-order valence-corrected chi connectivity index (χ2v) is 11.1. The third-order valence-electron chi connectivity index (χ3n) is 8.93. The zero-order valence-electron chi connectivity index (χ0n) is 25.0. The van der Waals surface area contributed by atoms with Crippen LogP contribution < -0.4 is 5.32 Å². The Labute approximate surface area is 248 Å². The predicted molar refractivity (Wildman–Crippen MR) is 163 cm³/mol. The van der Waals surface area contributed by atoms with E-state index in [-0.39, 0.29) is 11.1 Å². The summed E-state index contributed by atoms with van der Waals surface area (Å²) >= 11 is 0. The molecule has 7 nitrogen and oxygen atoms in total. The highest BCUT2D eigenvalue weighted by Crippen LogP contribution is 2.38. The molecule has 1 aliphatic heterocycles. The minimum Gasteiger partial charge on any atom is -0.440 e. The van der Waals surface area contributed by atoms with Crippen LogP contribution in [0.25, 0.3) is 0 Å². The summed E-state index contributed by atoms with van der Waals surface area (Å²) in [6.07, 6.45) is 2.33. The van der Waals surface area contributed by atoms with Gasteiger partial charge >= 0.3 is 6.09 Å². The summed E-state index contributed by atoms with van der Waals surface area (Å²) in [5.74, 6) is -0.897. The van der Waals surface area contributed by atoms with Gasteiger partial charge in [0, 0.05) is 11.1 Å². The van der Waals surface area contributed by atoms with E-state index in [0.29, 0.717) is 38.5 Å². The first-order valence-electron chi connectivity index (χ1n) is 15.0. The molecule has 0 bridgehead atoms. The number of amides is 3. The average Bonchev–Trinajstić information content (AvgIpc) is 3.31. The Bertz CT molecular complexity index is 1370. The SMILES string of the molecule is CCC(O)(CC)[C@H](Cc1ccccc1)NC(=O)c1cccc(C(=O)N2C(=O)OC(CC)(CC)[C@@H]2Cc2ccccc2)c1. The number of aliphatic hydroxyl groups is 1. The summed E-state index contributed by atoms with van der Waals surface area (Å²) in [5, 5.41) is 14.4. The van der Waals surface area contributed by atoms with Crippen molar-refractivity contribution in [2.24, 2.45) is 0 Å². The predicted octanol–water partition coefficient (Wildman–Crippen LogP) is 6.34. The Balaban J connectivity index is 1.61.